The lowest BCUT2D eigenvalue weighted by molar-refractivity contribution is 0.0697. The molecule has 6 heteroatoms. The third-order valence-electron chi connectivity index (χ3n) is 3.50. The van der Waals surface area contributed by atoms with Gasteiger partial charge in [0, 0.05) is 5.39 Å². The first-order chi connectivity index (χ1) is 11.4. The smallest absolute Gasteiger partial charge is 0.335 e. The van der Waals surface area contributed by atoms with Gasteiger partial charge in [-0.1, -0.05) is 18.2 Å². The van der Waals surface area contributed by atoms with E-state index >= 15 is 0 Å². The van der Waals surface area contributed by atoms with Gasteiger partial charge < -0.3 is 20.4 Å². The average molecular weight is 323 g/mol. The third-order valence-corrected chi connectivity index (χ3v) is 3.50. The lowest BCUT2D eigenvalue weighted by atomic mass is 10.1. The van der Waals surface area contributed by atoms with Crippen molar-refractivity contribution in [3.8, 4) is 17.2 Å². The summed E-state index contributed by atoms with van der Waals surface area (Å²) in [5.74, 6) is -2.44. The number of hydrogen-bond acceptors (Lipinski definition) is 5. The van der Waals surface area contributed by atoms with Crippen LogP contribution in [-0.2, 0) is 0 Å². The number of aromatic nitrogens is 1. The van der Waals surface area contributed by atoms with Crippen molar-refractivity contribution >= 4 is 29.0 Å². The number of carbonyl (C=O) groups is 1. The lowest BCUT2D eigenvalue weighted by Crippen LogP contribution is -1.96. The summed E-state index contributed by atoms with van der Waals surface area (Å²) in [6.45, 7) is 0. The number of carboxylic acids is 1. The third kappa shape index (κ3) is 2.98. The van der Waals surface area contributed by atoms with Crippen LogP contribution >= 0.6 is 0 Å². The van der Waals surface area contributed by atoms with Crippen LogP contribution in [-0.4, -0.2) is 31.4 Å². The fourth-order valence-electron chi connectivity index (χ4n) is 2.26. The van der Waals surface area contributed by atoms with Crippen molar-refractivity contribution in [3.05, 3.63) is 59.3 Å². The summed E-state index contributed by atoms with van der Waals surface area (Å²) in [5.41, 5.74) is 1.76. The molecule has 4 N–H and O–H groups in total. The molecule has 0 radical (unpaired) electrons. The van der Waals surface area contributed by atoms with Crippen molar-refractivity contribution in [2.75, 3.05) is 0 Å². The molecule has 120 valence electrons. The van der Waals surface area contributed by atoms with E-state index in [1.807, 2.05) is 6.07 Å². The molecule has 0 bridgehead atoms. The van der Waals surface area contributed by atoms with Gasteiger partial charge in [0.05, 0.1) is 16.8 Å². The summed E-state index contributed by atoms with van der Waals surface area (Å²) in [7, 11) is 0. The van der Waals surface area contributed by atoms with Crippen LogP contribution in [0.3, 0.4) is 0 Å². The van der Waals surface area contributed by atoms with Crippen molar-refractivity contribution in [1.29, 1.82) is 0 Å². The Morgan fingerprint density at radius 2 is 1.58 bits per heavy atom. The van der Waals surface area contributed by atoms with Gasteiger partial charge >= 0.3 is 5.97 Å². The van der Waals surface area contributed by atoms with Crippen molar-refractivity contribution in [1.82, 2.24) is 4.98 Å². The second-order valence-electron chi connectivity index (χ2n) is 5.19. The highest BCUT2D eigenvalue weighted by Crippen LogP contribution is 2.35. The minimum atomic E-state index is -1.02. The SMILES string of the molecule is O=C(O)c1ccc2ccc(/C=C/c3cc(O)c(O)c(O)c3)nc2c1. The first-order valence-corrected chi connectivity index (χ1v) is 7.01. The van der Waals surface area contributed by atoms with Crippen LogP contribution in [0, 0.1) is 0 Å². The summed E-state index contributed by atoms with van der Waals surface area (Å²) >= 11 is 0. The maximum Gasteiger partial charge on any atom is 0.335 e. The predicted molar refractivity (Wildman–Crippen MR) is 89.1 cm³/mol. The Bertz CT molecular complexity index is 955. The number of pyridine rings is 1. The fraction of sp³-hybridized carbons (Fsp3) is 0. The zero-order chi connectivity index (χ0) is 17.3. The largest absolute Gasteiger partial charge is 0.504 e. The van der Waals surface area contributed by atoms with E-state index < -0.39 is 23.2 Å². The molecule has 0 aliphatic rings. The summed E-state index contributed by atoms with van der Waals surface area (Å²) in [6.07, 6.45) is 3.26. The topological polar surface area (TPSA) is 111 Å². The quantitative estimate of drug-likeness (QED) is 0.551. The van der Waals surface area contributed by atoms with E-state index in [2.05, 4.69) is 4.98 Å². The number of phenolic OH excluding ortho intramolecular Hbond substituents is 3. The number of aromatic carboxylic acids is 1. The van der Waals surface area contributed by atoms with Gasteiger partial charge in [-0.25, -0.2) is 9.78 Å². The van der Waals surface area contributed by atoms with Gasteiger partial charge in [-0.3, -0.25) is 0 Å². The fourth-order valence-corrected chi connectivity index (χ4v) is 2.26. The minimum Gasteiger partial charge on any atom is -0.504 e. The number of aromatic hydroxyl groups is 3. The zero-order valence-electron chi connectivity index (χ0n) is 12.3. The first kappa shape index (κ1) is 15.4. The van der Waals surface area contributed by atoms with Gasteiger partial charge in [0.1, 0.15) is 0 Å². The molecular weight excluding hydrogens is 310 g/mol. The highest BCUT2D eigenvalue weighted by atomic mass is 16.4. The normalized spacial score (nSPS) is 11.2. The molecule has 0 aliphatic heterocycles. The first-order valence-electron chi connectivity index (χ1n) is 7.01. The van der Waals surface area contributed by atoms with Crippen molar-refractivity contribution < 1.29 is 25.2 Å². The van der Waals surface area contributed by atoms with Gasteiger partial charge in [-0.2, -0.15) is 0 Å². The number of carboxylic acid groups (broad SMARTS) is 1. The molecule has 0 unspecified atom stereocenters. The Hall–Kier alpha value is -3.54. The van der Waals surface area contributed by atoms with Gasteiger partial charge in [-0.05, 0) is 42.0 Å². The number of phenols is 3. The van der Waals surface area contributed by atoms with Gasteiger partial charge in [-0.15, -0.1) is 0 Å². The molecule has 0 spiro atoms. The summed E-state index contributed by atoms with van der Waals surface area (Å²) in [4.78, 5) is 15.4. The minimum absolute atomic E-state index is 0.157. The standard InChI is InChI=1S/C18H13NO5/c20-15-7-10(8-16(21)17(15)22)1-5-13-6-4-11-2-3-12(18(23)24)9-14(11)19-13/h1-9,20-22H,(H,23,24)/b5-1+. The Kier molecular flexibility index (Phi) is 3.79. The molecule has 0 aliphatic carbocycles. The number of nitrogens with zero attached hydrogens (tertiary/aromatic N) is 1. The highest BCUT2D eigenvalue weighted by Gasteiger charge is 2.07. The number of rotatable bonds is 3. The summed E-state index contributed by atoms with van der Waals surface area (Å²) < 4.78 is 0. The van der Waals surface area contributed by atoms with Gasteiger partial charge in [0.2, 0.25) is 0 Å². The number of hydrogen-bond donors (Lipinski definition) is 4. The molecule has 0 amide bonds. The molecule has 3 rings (SSSR count). The van der Waals surface area contributed by atoms with Crippen molar-refractivity contribution in [3.63, 3.8) is 0 Å². The molecule has 0 saturated carbocycles. The molecule has 1 heterocycles. The van der Waals surface area contributed by atoms with E-state index in [1.54, 1.807) is 24.3 Å². The van der Waals surface area contributed by atoms with Crippen molar-refractivity contribution in [2.24, 2.45) is 0 Å². The molecule has 0 atom stereocenters. The van der Waals surface area contributed by atoms with E-state index in [0.29, 0.717) is 16.8 Å². The van der Waals surface area contributed by atoms with E-state index in [0.717, 1.165) is 5.39 Å². The number of fused-ring (bicyclic) bond motifs is 1. The number of benzene rings is 2. The maximum atomic E-state index is 11.0. The van der Waals surface area contributed by atoms with E-state index in [1.165, 1.54) is 24.3 Å². The molecule has 2 aromatic carbocycles. The molecule has 0 fully saturated rings. The van der Waals surface area contributed by atoms with Crippen LogP contribution in [0.5, 0.6) is 17.2 Å². The predicted octanol–water partition coefficient (Wildman–Crippen LogP) is 3.22. The average Bonchev–Trinajstić information content (AvgIpc) is 2.56. The second kappa shape index (κ2) is 5.92. The van der Waals surface area contributed by atoms with E-state index in [9.17, 15) is 20.1 Å². The Morgan fingerprint density at radius 1 is 0.917 bits per heavy atom. The van der Waals surface area contributed by atoms with Crippen LogP contribution in [0.4, 0.5) is 0 Å². The van der Waals surface area contributed by atoms with Crippen LogP contribution in [0.1, 0.15) is 21.6 Å². The van der Waals surface area contributed by atoms with Gasteiger partial charge in [0.15, 0.2) is 17.2 Å². The van der Waals surface area contributed by atoms with Crippen molar-refractivity contribution in [2.45, 2.75) is 0 Å². The molecule has 0 saturated heterocycles. The summed E-state index contributed by atoms with van der Waals surface area (Å²) in [6, 6.07) is 10.9. The van der Waals surface area contributed by atoms with Crippen LogP contribution in [0.25, 0.3) is 23.1 Å². The maximum absolute atomic E-state index is 11.0. The Balaban J connectivity index is 1.96. The van der Waals surface area contributed by atoms with Crippen LogP contribution < -0.4 is 0 Å². The molecule has 6 nitrogen and oxygen atoms in total. The molecule has 1 aromatic heterocycles. The zero-order valence-corrected chi connectivity index (χ0v) is 12.3. The van der Waals surface area contributed by atoms with Crippen LogP contribution in [0.2, 0.25) is 0 Å². The van der Waals surface area contributed by atoms with E-state index in [4.69, 9.17) is 5.11 Å². The second-order valence-corrected chi connectivity index (χ2v) is 5.19. The lowest BCUT2D eigenvalue weighted by Gasteiger charge is -2.03. The Labute approximate surface area is 136 Å². The van der Waals surface area contributed by atoms with Gasteiger partial charge in [0.25, 0.3) is 0 Å². The molecule has 3 aromatic rings. The van der Waals surface area contributed by atoms with E-state index in [-0.39, 0.29) is 5.56 Å². The highest BCUT2D eigenvalue weighted by molar-refractivity contribution is 5.93. The monoisotopic (exact) mass is 323 g/mol. The summed E-state index contributed by atoms with van der Waals surface area (Å²) in [5, 5.41) is 38.1. The molecule has 24 heavy (non-hydrogen) atoms. The van der Waals surface area contributed by atoms with Crippen LogP contribution in [0.15, 0.2) is 42.5 Å². The Morgan fingerprint density at radius 3 is 2.25 bits per heavy atom. The molecular formula is C18H13NO5.